The van der Waals surface area contributed by atoms with E-state index < -0.39 is 17.9 Å². The Balaban J connectivity index is 2.36. The summed E-state index contributed by atoms with van der Waals surface area (Å²) in [5, 5.41) is 8.71. The number of rotatable bonds is 5. The molecule has 0 saturated heterocycles. The predicted octanol–water partition coefficient (Wildman–Crippen LogP) is 1.05. The number of methoxy groups -OCH3 is 1. The zero-order valence-corrected chi connectivity index (χ0v) is 7.66. The first-order chi connectivity index (χ1) is 6.15. The number of hydrogen-bond donors (Lipinski definition) is 1. The molecule has 0 amide bonds. The van der Waals surface area contributed by atoms with Gasteiger partial charge in [-0.2, -0.15) is 0 Å². The molecule has 0 heterocycles. The Bertz CT molecular complexity index is 208. The minimum absolute atomic E-state index is 0.409. The zero-order valence-electron chi connectivity index (χ0n) is 7.66. The third-order valence-electron chi connectivity index (χ3n) is 2.34. The van der Waals surface area contributed by atoms with Crippen molar-refractivity contribution in [3.8, 4) is 0 Å². The van der Waals surface area contributed by atoms with Gasteiger partial charge in [0.2, 0.25) is 0 Å². The third-order valence-corrected chi connectivity index (χ3v) is 2.34. The maximum Gasteiger partial charge on any atom is 0.320 e. The van der Waals surface area contributed by atoms with E-state index in [4.69, 9.17) is 5.11 Å². The minimum atomic E-state index is -1.08. The topological polar surface area (TPSA) is 63.6 Å². The van der Waals surface area contributed by atoms with Crippen LogP contribution in [-0.2, 0) is 14.3 Å². The van der Waals surface area contributed by atoms with E-state index >= 15 is 0 Å². The summed E-state index contributed by atoms with van der Waals surface area (Å²) in [7, 11) is 1.22. The fourth-order valence-corrected chi connectivity index (χ4v) is 1.29. The average Bonchev–Trinajstić information content (AvgIpc) is 2.87. The highest BCUT2D eigenvalue weighted by Crippen LogP contribution is 2.34. The third kappa shape index (κ3) is 3.05. The van der Waals surface area contributed by atoms with Gasteiger partial charge >= 0.3 is 11.9 Å². The number of carboxylic acids is 1. The molecular weight excluding hydrogens is 172 g/mol. The van der Waals surface area contributed by atoms with Crippen LogP contribution in [0.15, 0.2) is 0 Å². The molecule has 13 heavy (non-hydrogen) atoms. The Morgan fingerprint density at radius 1 is 1.54 bits per heavy atom. The molecule has 4 heteroatoms. The van der Waals surface area contributed by atoms with Gasteiger partial charge < -0.3 is 9.84 Å². The quantitative estimate of drug-likeness (QED) is 0.515. The van der Waals surface area contributed by atoms with Crippen LogP contribution in [0.1, 0.15) is 25.7 Å². The Kier molecular flexibility index (Phi) is 3.28. The lowest BCUT2D eigenvalue weighted by Crippen LogP contribution is -2.25. The molecule has 1 saturated carbocycles. The molecule has 1 fully saturated rings. The number of aliphatic carboxylic acids is 1. The van der Waals surface area contributed by atoms with Gasteiger partial charge in [0.1, 0.15) is 0 Å². The predicted molar refractivity (Wildman–Crippen MR) is 45.1 cm³/mol. The number of carbonyl (C=O) groups excluding carboxylic acids is 1. The molecule has 0 radical (unpaired) electrons. The van der Waals surface area contributed by atoms with Crippen LogP contribution in [0.3, 0.4) is 0 Å². The number of hydrogen-bond acceptors (Lipinski definition) is 3. The van der Waals surface area contributed by atoms with E-state index in [1.54, 1.807) is 0 Å². The van der Waals surface area contributed by atoms with Crippen LogP contribution < -0.4 is 0 Å². The fourth-order valence-electron chi connectivity index (χ4n) is 1.29. The van der Waals surface area contributed by atoms with Gasteiger partial charge in [0.25, 0.3) is 0 Å². The Labute approximate surface area is 76.9 Å². The van der Waals surface area contributed by atoms with Gasteiger partial charge in [-0.05, 0) is 18.8 Å². The van der Waals surface area contributed by atoms with Crippen molar-refractivity contribution in [1.29, 1.82) is 0 Å². The van der Waals surface area contributed by atoms with Crippen LogP contribution in [0.4, 0.5) is 0 Å². The standard InChI is InChI=1S/C9H14O4/c1-13-9(12)7(8(10)11)5-4-6-2-3-6/h6-7H,2-5H2,1H3,(H,10,11). The Morgan fingerprint density at radius 2 is 2.15 bits per heavy atom. The molecule has 0 aromatic carbocycles. The maximum absolute atomic E-state index is 11.0. The van der Waals surface area contributed by atoms with Gasteiger partial charge in [-0.1, -0.05) is 12.8 Å². The summed E-state index contributed by atoms with van der Waals surface area (Å²) in [5.74, 6) is -2.03. The van der Waals surface area contributed by atoms with Crippen molar-refractivity contribution in [2.45, 2.75) is 25.7 Å². The molecule has 1 aliphatic rings. The largest absolute Gasteiger partial charge is 0.481 e. The highest BCUT2D eigenvalue weighted by atomic mass is 16.5. The summed E-state index contributed by atoms with van der Waals surface area (Å²) >= 11 is 0. The van der Waals surface area contributed by atoms with E-state index in [1.165, 1.54) is 20.0 Å². The fraction of sp³-hybridized carbons (Fsp3) is 0.778. The summed E-state index contributed by atoms with van der Waals surface area (Å²) in [4.78, 5) is 21.6. The normalized spacial score (nSPS) is 17.9. The summed E-state index contributed by atoms with van der Waals surface area (Å²) in [5.41, 5.74) is 0. The lowest BCUT2D eigenvalue weighted by atomic mass is 10.0. The van der Waals surface area contributed by atoms with Gasteiger partial charge in [-0.15, -0.1) is 0 Å². The molecule has 74 valence electrons. The minimum Gasteiger partial charge on any atom is -0.481 e. The van der Waals surface area contributed by atoms with Crippen LogP contribution in [0.2, 0.25) is 0 Å². The second-order valence-electron chi connectivity index (χ2n) is 3.43. The highest BCUT2D eigenvalue weighted by molar-refractivity contribution is 5.93. The molecule has 1 aliphatic carbocycles. The second-order valence-corrected chi connectivity index (χ2v) is 3.43. The molecular formula is C9H14O4. The van der Waals surface area contributed by atoms with Crippen molar-refractivity contribution in [3.63, 3.8) is 0 Å². The van der Waals surface area contributed by atoms with Crippen molar-refractivity contribution >= 4 is 11.9 Å². The number of carboxylic acid groups (broad SMARTS) is 1. The van der Waals surface area contributed by atoms with Gasteiger partial charge in [0.15, 0.2) is 5.92 Å². The first-order valence-electron chi connectivity index (χ1n) is 4.45. The van der Waals surface area contributed by atoms with Crippen LogP contribution in [0, 0.1) is 11.8 Å². The molecule has 0 aromatic heterocycles. The summed E-state index contributed by atoms with van der Waals surface area (Å²) in [6.45, 7) is 0. The van der Waals surface area contributed by atoms with Crippen LogP contribution >= 0.6 is 0 Å². The highest BCUT2D eigenvalue weighted by Gasteiger charge is 2.30. The molecule has 1 N–H and O–H groups in total. The van der Waals surface area contributed by atoms with Crippen LogP contribution in [-0.4, -0.2) is 24.2 Å². The van der Waals surface area contributed by atoms with Crippen molar-refractivity contribution in [2.24, 2.45) is 11.8 Å². The first-order valence-corrected chi connectivity index (χ1v) is 4.45. The van der Waals surface area contributed by atoms with E-state index in [9.17, 15) is 9.59 Å². The number of esters is 1. The number of ether oxygens (including phenoxy) is 1. The van der Waals surface area contributed by atoms with Gasteiger partial charge in [-0.3, -0.25) is 9.59 Å². The van der Waals surface area contributed by atoms with Crippen molar-refractivity contribution < 1.29 is 19.4 Å². The van der Waals surface area contributed by atoms with Gasteiger partial charge in [0, 0.05) is 0 Å². The molecule has 0 bridgehead atoms. The van der Waals surface area contributed by atoms with E-state index in [0.717, 1.165) is 6.42 Å². The van der Waals surface area contributed by atoms with Crippen molar-refractivity contribution in [2.75, 3.05) is 7.11 Å². The second kappa shape index (κ2) is 4.25. The molecule has 1 rings (SSSR count). The summed E-state index contributed by atoms with van der Waals surface area (Å²) in [6, 6.07) is 0. The van der Waals surface area contributed by atoms with Crippen LogP contribution in [0.25, 0.3) is 0 Å². The summed E-state index contributed by atoms with van der Waals surface area (Å²) < 4.78 is 4.41. The van der Waals surface area contributed by atoms with Crippen molar-refractivity contribution in [1.82, 2.24) is 0 Å². The monoisotopic (exact) mass is 186 g/mol. The molecule has 0 aliphatic heterocycles. The maximum atomic E-state index is 11.0. The number of carbonyl (C=O) groups is 2. The SMILES string of the molecule is COC(=O)C(CCC1CC1)C(=O)O. The Morgan fingerprint density at radius 3 is 2.54 bits per heavy atom. The van der Waals surface area contributed by atoms with E-state index in [1.807, 2.05) is 0 Å². The average molecular weight is 186 g/mol. The zero-order chi connectivity index (χ0) is 9.84. The molecule has 1 unspecified atom stereocenters. The smallest absolute Gasteiger partial charge is 0.320 e. The van der Waals surface area contributed by atoms with E-state index in [0.29, 0.717) is 12.3 Å². The lowest BCUT2D eigenvalue weighted by molar-refractivity contribution is -0.157. The lowest BCUT2D eigenvalue weighted by Gasteiger charge is -2.08. The molecule has 0 aromatic rings. The molecule has 1 atom stereocenters. The first kappa shape index (κ1) is 10.0. The molecule has 4 nitrogen and oxygen atoms in total. The Hall–Kier alpha value is -1.06. The van der Waals surface area contributed by atoms with E-state index in [2.05, 4.69) is 4.74 Å². The van der Waals surface area contributed by atoms with E-state index in [-0.39, 0.29) is 0 Å². The van der Waals surface area contributed by atoms with Gasteiger partial charge in [0.05, 0.1) is 7.11 Å². The van der Waals surface area contributed by atoms with Crippen LogP contribution in [0.5, 0.6) is 0 Å². The molecule has 0 spiro atoms. The summed E-state index contributed by atoms with van der Waals surface area (Å²) in [6.07, 6.45) is 3.58. The van der Waals surface area contributed by atoms with Gasteiger partial charge in [-0.25, -0.2) is 0 Å². The van der Waals surface area contributed by atoms with Crippen molar-refractivity contribution in [3.05, 3.63) is 0 Å².